The first-order valence-corrected chi connectivity index (χ1v) is 9.81. The van der Waals surface area contributed by atoms with Gasteiger partial charge >= 0.3 is 0 Å². The van der Waals surface area contributed by atoms with Crippen molar-refractivity contribution in [3.63, 3.8) is 0 Å². The zero-order chi connectivity index (χ0) is 18.1. The summed E-state index contributed by atoms with van der Waals surface area (Å²) in [6.45, 7) is 3.42. The van der Waals surface area contributed by atoms with Crippen LogP contribution in [0.3, 0.4) is 0 Å². The molecule has 3 aliphatic rings. The van der Waals surface area contributed by atoms with Crippen LogP contribution in [0.15, 0.2) is 6.07 Å². The third kappa shape index (κ3) is 3.26. The molecule has 0 N–H and O–H groups in total. The Labute approximate surface area is 155 Å². The molecule has 26 heavy (non-hydrogen) atoms. The molecule has 1 amide bonds. The molecule has 3 heterocycles. The van der Waals surface area contributed by atoms with Gasteiger partial charge in [-0.05, 0) is 56.2 Å². The minimum Gasteiger partial charge on any atom is -0.350 e. The topological polar surface area (TPSA) is 54.9 Å². The van der Waals surface area contributed by atoms with E-state index in [0.29, 0.717) is 6.54 Å². The van der Waals surface area contributed by atoms with Gasteiger partial charge in [0.2, 0.25) is 12.2 Å². The average Bonchev–Trinajstić information content (AvgIpc) is 3.15. The molecule has 0 aromatic carbocycles. The molecule has 1 aliphatic carbocycles. The number of ether oxygens (including phenoxy) is 2. The number of piperazine rings is 1. The Bertz CT molecular complexity index is 675. The zero-order valence-corrected chi connectivity index (χ0v) is 15.9. The number of carbonyl (C=O) groups excluding carboxylic acids is 1. The molecule has 1 atom stereocenters. The van der Waals surface area contributed by atoms with Gasteiger partial charge in [0, 0.05) is 39.5 Å². The van der Waals surface area contributed by atoms with Gasteiger partial charge < -0.3 is 14.4 Å². The van der Waals surface area contributed by atoms with Crippen LogP contribution in [-0.2, 0) is 33.7 Å². The maximum absolute atomic E-state index is 12.9. The van der Waals surface area contributed by atoms with Gasteiger partial charge in [0.15, 0.2) is 0 Å². The van der Waals surface area contributed by atoms with Crippen LogP contribution in [0.2, 0.25) is 0 Å². The number of nitrogens with zero attached hydrogens (tertiary/aromatic N) is 3. The van der Waals surface area contributed by atoms with E-state index < -0.39 is 6.29 Å². The molecule has 1 aromatic heterocycles. The second kappa shape index (κ2) is 7.62. The van der Waals surface area contributed by atoms with Gasteiger partial charge in [-0.1, -0.05) is 6.07 Å². The lowest BCUT2D eigenvalue weighted by Gasteiger charge is -2.37. The SMILES string of the molecule is COC(OC)c1nc2c(cc1CN1CCN3CCCC3C1=O)CCCC2. The number of methoxy groups -OCH3 is 2. The van der Waals surface area contributed by atoms with E-state index in [1.165, 1.54) is 24.1 Å². The molecule has 0 saturated carbocycles. The van der Waals surface area contributed by atoms with Crippen molar-refractivity contribution < 1.29 is 14.3 Å². The second-order valence-corrected chi connectivity index (χ2v) is 7.60. The van der Waals surface area contributed by atoms with E-state index in [-0.39, 0.29) is 11.9 Å². The molecule has 142 valence electrons. The maximum Gasteiger partial charge on any atom is 0.240 e. The summed E-state index contributed by atoms with van der Waals surface area (Å²) in [5.74, 6) is 0.267. The van der Waals surface area contributed by atoms with E-state index in [0.717, 1.165) is 56.6 Å². The Hall–Kier alpha value is -1.50. The van der Waals surface area contributed by atoms with Gasteiger partial charge in [-0.3, -0.25) is 14.7 Å². The fraction of sp³-hybridized carbons (Fsp3) is 0.700. The standard InChI is InChI=1S/C20H29N3O3/c1-25-20(26-2)18-15(12-14-6-3-4-7-16(14)21-18)13-23-11-10-22-9-5-8-17(22)19(23)24/h12,17,20H,3-11,13H2,1-2H3. The van der Waals surface area contributed by atoms with Crippen LogP contribution in [0.1, 0.15) is 54.5 Å². The maximum atomic E-state index is 12.9. The Morgan fingerprint density at radius 3 is 2.77 bits per heavy atom. The van der Waals surface area contributed by atoms with Crippen LogP contribution < -0.4 is 0 Å². The highest BCUT2D eigenvalue weighted by molar-refractivity contribution is 5.83. The Morgan fingerprint density at radius 2 is 1.96 bits per heavy atom. The average molecular weight is 359 g/mol. The molecule has 1 unspecified atom stereocenters. The minimum atomic E-state index is -0.486. The molecule has 6 nitrogen and oxygen atoms in total. The third-order valence-corrected chi connectivity index (χ3v) is 6.04. The first-order valence-electron chi connectivity index (χ1n) is 9.81. The summed E-state index contributed by atoms with van der Waals surface area (Å²) < 4.78 is 11.0. The molecule has 0 radical (unpaired) electrons. The molecule has 4 rings (SSSR count). The molecular formula is C20H29N3O3. The van der Waals surface area contributed by atoms with Gasteiger partial charge in [-0.2, -0.15) is 0 Å². The van der Waals surface area contributed by atoms with Crippen molar-refractivity contribution in [2.24, 2.45) is 0 Å². The van der Waals surface area contributed by atoms with Gasteiger partial charge in [-0.15, -0.1) is 0 Å². The van der Waals surface area contributed by atoms with Crippen LogP contribution in [0.5, 0.6) is 0 Å². The van der Waals surface area contributed by atoms with Gasteiger partial charge in [0.1, 0.15) is 5.69 Å². The van der Waals surface area contributed by atoms with E-state index >= 15 is 0 Å². The summed E-state index contributed by atoms with van der Waals surface area (Å²) >= 11 is 0. The second-order valence-electron chi connectivity index (χ2n) is 7.60. The zero-order valence-electron chi connectivity index (χ0n) is 15.9. The van der Waals surface area contributed by atoms with Crippen molar-refractivity contribution in [3.8, 4) is 0 Å². The molecule has 0 bridgehead atoms. The third-order valence-electron chi connectivity index (χ3n) is 6.04. The van der Waals surface area contributed by atoms with E-state index in [4.69, 9.17) is 14.5 Å². The number of fused-ring (bicyclic) bond motifs is 2. The summed E-state index contributed by atoms with van der Waals surface area (Å²) in [4.78, 5) is 22.2. The van der Waals surface area contributed by atoms with Crippen LogP contribution in [0, 0.1) is 0 Å². The molecule has 0 spiro atoms. The van der Waals surface area contributed by atoms with Crippen molar-refractivity contribution in [2.75, 3.05) is 33.9 Å². The number of hydrogen-bond donors (Lipinski definition) is 0. The highest BCUT2D eigenvalue weighted by Gasteiger charge is 2.38. The Balaban J connectivity index is 1.63. The predicted molar refractivity (Wildman–Crippen MR) is 97.7 cm³/mol. The lowest BCUT2D eigenvalue weighted by molar-refractivity contribution is -0.141. The van der Waals surface area contributed by atoms with Crippen molar-refractivity contribution in [2.45, 2.75) is 57.4 Å². The van der Waals surface area contributed by atoms with Crippen LogP contribution in [0.25, 0.3) is 0 Å². The summed E-state index contributed by atoms with van der Waals surface area (Å²) in [6, 6.07) is 2.33. The van der Waals surface area contributed by atoms with Gasteiger partial charge in [0.25, 0.3) is 0 Å². The van der Waals surface area contributed by atoms with Crippen LogP contribution in [-0.4, -0.2) is 60.6 Å². The van der Waals surface area contributed by atoms with Crippen molar-refractivity contribution in [3.05, 3.63) is 28.6 Å². The quantitative estimate of drug-likeness (QED) is 0.753. The number of carbonyl (C=O) groups is 1. The number of pyridine rings is 1. The van der Waals surface area contributed by atoms with Gasteiger partial charge in [0.05, 0.1) is 6.04 Å². The van der Waals surface area contributed by atoms with Crippen molar-refractivity contribution in [1.82, 2.24) is 14.8 Å². The number of aromatic nitrogens is 1. The van der Waals surface area contributed by atoms with E-state index in [2.05, 4.69) is 11.0 Å². The van der Waals surface area contributed by atoms with Crippen LogP contribution in [0.4, 0.5) is 0 Å². The normalized spacial score (nSPS) is 23.4. The molecule has 6 heteroatoms. The number of rotatable bonds is 5. The number of aryl methyl sites for hydroxylation is 2. The highest BCUT2D eigenvalue weighted by Crippen LogP contribution is 2.29. The van der Waals surface area contributed by atoms with Gasteiger partial charge in [-0.25, -0.2) is 0 Å². The largest absolute Gasteiger partial charge is 0.350 e. The monoisotopic (exact) mass is 359 g/mol. The first kappa shape index (κ1) is 17.9. The fourth-order valence-corrected chi connectivity index (χ4v) is 4.65. The molecule has 1 aromatic rings. The van der Waals surface area contributed by atoms with E-state index in [1.807, 2.05) is 4.90 Å². The summed E-state index contributed by atoms with van der Waals surface area (Å²) in [7, 11) is 3.28. The van der Waals surface area contributed by atoms with Crippen molar-refractivity contribution in [1.29, 1.82) is 0 Å². The Kier molecular flexibility index (Phi) is 5.25. The molecule has 2 fully saturated rings. The molecule has 2 aliphatic heterocycles. The summed E-state index contributed by atoms with van der Waals surface area (Å²) in [5.41, 5.74) is 4.39. The fourth-order valence-electron chi connectivity index (χ4n) is 4.65. The van der Waals surface area contributed by atoms with Crippen molar-refractivity contribution >= 4 is 5.91 Å². The number of hydrogen-bond acceptors (Lipinski definition) is 5. The lowest BCUT2D eigenvalue weighted by Crippen LogP contribution is -2.53. The number of amides is 1. The summed E-state index contributed by atoms with van der Waals surface area (Å²) in [6.07, 6.45) is 6.12. The summed E-state index contributed by atoms with van der Waals surface area (Å²) in [5, 5.41) is 0. The van der Waals surface area contributed by atoms with Crippen LogP contribution >= 0.6 is 0 Å². The van der Waals surface area contributed by atoms with E-state index in [1.54, 1.807) is 14.2 Å². The molecule has 2 saturated heterocycles. The smallest absolute Gasteiger partial charge is 0.240 e. The molecular weight excluding hydrogens is 330 g/mol. The minimum absolute atomic E-state index is 0.0819. The predicted octanol–water partition coefficient (Wildman–Crippen LogP) is 2.06. The Morgan fingerprint density at radius 1 is 1.15 bits per heavy atom. The van der Waals surface area contributed by atoms with E-state index in [9.17, 15) is 4.79 Å². The first-order chi connectivity index (χ1) is 12.7. The lowest BCUT2D eigenvalue weighted by atomic mass is 9.93. The highest BCUT2D eigenvalue weighted by atomic mass is 16.7.